The van der Waals surface area contributed by atoms with Crippen molar-refractivity contribution in [1.29, 1.82) is 0 Å². The van der Waals surface area contributed by atoms with E-state index in [0.29, 0.717) is 12.4 Å². The first kappa shape index (κ1) is 23.3. The Bertz CT molecular complexity index is 785. The molecule has 6 heteroatoms. The highest BCUT2D eigenvalue weighted by Crippen LogP contribution is 2.22. The fourth-order valence-corrected chi connectivity index (χ4v) is 2.89. The van der Waals surface area contributed by atoms with Gasteiger partial charge in [0.15, 0.2) is 0 Å². The number of carbonyl (C=O) groups excluding carboxylic acids is 2. The van der Waals surface area contributed by atoms with Crippen molar-refractivity contribution in [2.45, 2.75) is 51.9 Å². The van der Waals surface area contributed by atoms with Crippen LogP contribution in [0.4, 0.5) is 4.79 Å². The molecule has 0 atom stereocenters. The van der Waals surface area contributed by atoms with E-state index in [4.69, 9.17) is 14.2 Å². The summed E-state index contributed by atoms with van der Waals surface area (Å²) >= 11 is 0. The lowest BCUT2D eigenvalue weighted by Gasteiger charge is -2.10. The molecule has 0 aliphatic heterocycles. The van der Waals surface area contributed by atoms with Crippen molar-refractivity contribution in [2.24, 2.45) is 0 Å². The minimum Gasteiger partial charge on any atom is -0.494 e. The number of ether oxygens (including phenoxy) is 4. The molecule has 162 valence electrons. The third-order valence-electron chi connectivity index (χ3n) is 4.53. The number of unbranched alkanes of at least 4 members (excludes halogenated alkanes) is 6. The first-order chi connectivity index (χ1) is 14.6. The molecule has 0 bridgehead atoms. The van der Waals surface area contributed by atoms with Gasteiger partial charge >= 0.3 is 12.1 Å². The summed E-state index contributed by atoms with van der Waals surface area (Å²) in [5.41, 5.74) is 0.145. The number of benzene rings is 2. The first-order valence-electron chi connectivity index (χ1n) is 10.4. The van der Waals surface area contributed by atoms with Crippen LogP contribution in [0.2, 0.25) is 0 Å². The molecule has 0 N–H and O–H groups in total. The Kier molecular flexibility index (Phi) is 10.3. The lowest BCUT2D eigenvalue weighted by atomic mass is 10.1. The summed E-state index contributed by atoms with van der Waals surface area (Å²) in [6.45, 7) is 2.89. The number of hydrogen-bond acceptors (Lipinski definition) is 6. The smallest absolute Gasteiger partial charge is 0.494 e. The fraction of sp³-hybridized carbons (Fsp3) is 0.417. The van der Waals surface area contributed by atoms with Gasteiger partial charge in [0, 0.05) is 0 Å². The van der Waals surface area contributed by atoms with Crippen LogP contribution in [0, 0.1) is 0 Å². The average molecular weight is 414 g/mol. The van der Waals surface area contributed by atoms with Gasteiger partial charge in [-0.2, -0.15) is 0 Å². The molecular weight excluding hydrogens is 384 g/mol. The van der Waals surface area contributed by atoms with Crippen molar-refractivity contribution in [2.75, 3.05) is 13.7 Å². The molecule has 0 heterocycles. The Balaban J connectivity index is 1.74. The average Bonchev–Trinajstić information content (AvgIpc) is 2.76. The Morgan fingerprint density at radius 1 is 0.767 bits per heavy atom. The van der Waals surface area contributed by atoms with Gasteiger partial charge in [0.2, 0.25) is 0 Å². The Morgan fingerprint density at radius 3 is 2.10 bits per heavy atom. The lowest BCUT2D eigenvalue weighted by Crippen LogP contribution is -2.16. The van der Waals surface area contributed by atoms with Gasteiger partial charge in [-0.15, -0.1) is 0 Å². The van der Waals surface area contributed by atoms with E-state index < -0.39 is 12.1 Å². The van der Waals surface area contributed by atoms with Gasteiger partial charge < -0.3 is 18.9 Å². The SMILES string of the molecule is CCCCCCCCCOc1ccc(OC(=O)Oc2ccccc2C(=O)OC)cc1. The van der Waals surface area contributed by atoms with E-state index in [9.17, 15) is 9.59 Å². The van der Waals surface area contributed by atoms with Crippen molar-refractivity contribution in [3.8, 4) is 17.2 Å². The standard InChI is InChI=1S/C24H30O6/c1-3-4-5-6-7-8-11-18-28-19-14-16-20(17-15-19)29-24(26)30-22-13-10-9-12-21(22)23(25)27-2/h9-10,12-17H,3-8,11,18H2,1-2H3. The van der Waals surface area contributed by atoms with Crippen LogP contribution in [0.3, 0.4) is 0 Å². The molecule has 0 spiro atoms. The molecule has 2 aromatic carbocycles. The molecule has 30 heavy (non-hydrogen) atoms. The summed E-state index contributed by atoms with van der Waals surface area (Å²) in [6.07, 6.45) is 7.69. The normalized spacial score (nSPS) is 10.3. The Hall–Kier alpha value is -3.02. The zero-order valence-corrected chi connectivity index (χ0v) is 17.7. The van der Waals surface area contributed by atoms with Gasteiger partial charge in [-0.3, -0.25) is 0 Å². The molecule has 0 aliphatic rings. The second-order valence-electron chi connectivity index (χ2n) is 6.88. The van der Waals surface area contributed by atoms with Crippen LogP contribution < -0.4 is 14.2 Å². The number of carbonyl (C=O) groups is 2. The Labute approximate surface area is 178 Å². The molecule has 0 aliphatic carbocycles. The molecule has 0 radical (unpaired) electrons. The van der Waals surface area contributed by atoms with Crippen LogP contribution in [0.1, 0.15) is 62.2 Å². The van der Waals surface area contributed by atoms with E-state index in [2.05, 4.69) is 11.7 Å². The van der Waals surface area contributed by atoms with E-state index in [1.807, 2.05) is 0 Å². The third-order valence-corrected chi connectivity index (χ3v) is 4.53. The highest BCUT2D eigenvalue weighted by Gasteiger charge is 2.16. The highest BCUT2D eigenvalue weighted by atomic mass is 16.7. The summed E-state index contributed by atoms with van der Waals surface area (Å²) in [7, 11) is 1.26. The molecule has 0 saturated carbocycles. The van der Waals surface area contributed by atoms with Crippen LogP contribution in [0.15, 0.2) is 48.5 Å². The zero-order valence-electron chi connectivity index (χ0n) is 17.7. The second kappa shape index (κ2) is 13.2. The molecule has 0 fully saturated rings. The number of hydrogen-bond donors (Lipinski definition) is 0. The largest absolute Gasteiger partial charge is 0.519 e. The highest BCUT2D eigenvalue weighted by molar-refractivity contribution is 5.93. The minimum absolute atomic E-state index is 0.0731. The predicted octanol–water partition coefficient (Wildman–Crippen LogP) is 6.18. The van der Waals surface area contributed by atoms with E-state index in [0.717, 1.165) is 12.2 Å². The summed E-state index contributed by atoms with van der Waals surface area (Å²) in [5.74, 6) is 0.515. The molecule has 0 amide bonds. The maximum absolute atomic E-state index is 12.0. The number of para-hydroxylation sites is 1. The van der Waals surface area contributed by atoms with E-state index in [1.54, 1.807) is 36.4 Å². The number of methoxy groups -OCH3 is 1. The third kappa shape index (κ3) is 8.15. The molecule has 0 unspecified atom stereocenters. The van der Waals surface area contributed by atoms with Gasteiger partial charge in [-0.25, -0.2) is 9.59 Å². The summed E-state index contributed by atoms with van der Waals surface area (Å²) in [6, 6.07) is 13.0. The van der Waals surface area contributed by atoms with Crippen molar-refractivity contribution in [3.63, 3.8) is 0 Å². The van der Waals surface area contributed by atoms with E-state index >= 15 is 0 Å². The summed E-state index contributed by atoms with van der Waals surface area (Å²) < 4.78 is 20.7. The van der Waals surface area contributed by atoms with Crippen LogP contribution in [-0.4, -0.2) is 25.8 Å². The zero-order chi connectivity index (χ0) is 21.6. The quantitative estimate of drug-likeness (QED) is 0.235. The predicted molar refractivity (Wildman–Crippen MR) is 114 cm³/mol. The molecular formula is C24H30O6. The van der Waals surface area contributed by atoms with Crippen LogP contribution in [0.25, 0.3) is 0 Å². The summed E-state index contributed by atoms with van der Waals surface area (Å²) in [5, 5.41) is 0. The van der Waals surface area contributed by atoms with Crippen LogP contribution >= 0.6 is 0 Å². The van der Waals surface area contributed by atoms with Crippen molar-refractivity contribution >= 4 is 12.1 Å². The van der Waals surface area contributed by atoms with Crippen molar-refractivity contribution in [3.05, 3.63) is 54.1 Å². The Morgan fingerprint density at radius 2 is 1.40 bits per heavy atom. The van der Waals surface area contributed by atoms with Gasteiger partial charge in [-0.1, -0.05) is 57.6 Å². The molecule has 0 aromatic heterocycles. The number of esters is 1. The number of rotatable bonds is 12. The van der Waals surface area contributed by atoms with Crippen LogP contribution in [0.5, 0.6) is 17.2 Å². The second-order valence-corrected chi connectivity index (χ2v) is 6.88. The van der Waals surface area contributed by atoms with E-state index in [-0.39, 0.29) is 11.3 Å². The molecule has 0 saturated heterocycles. The fourth-order valence-electron chi connectivity index (χ4n) is 2.89. The maximum Gasteiger partial charge on any atom is 0.519 e. The molecule has 2 rings (SSSR count). The van der Waals surface area contributed by atoms with Crippen molar-refractivity contribution < 1.29 is 28.5 Å². The van der Waals surface area contributed by atoms with Gasteiger partial charge in [-0.05, 0) is 42.8 Å². The molecule has 6 nitrogen and oxygen atoms in total. The van der Waals surface area contributed by atoms with Crippen LogP contribution in [-0.2, 0) is 4.74 Å². The maximum atomic E-state index is 12.0. The topological polar surface area (TPSA) is 71.1 Å². The molecule has 2 aromatic rings. The van der Waals surface area contributed by atoms with E-state index in [1.165, 1.54) is 57.8 Å². The van der Waals surface area contributed by atoms with Gasteiger partial charge in [0.25, 0.3) is 0 Å². The monoisotopic (exact) mass is 414 g/mol. The van der Waals surface area contributed by atoms with Crippen molar-refractivity contribution in [1.82, 2.24) is 0 Å². The van der Waals surface area contributed by atoms with Gasteiger partial charge in [0.1, 0.15) is 22.8 Å². The first-order valence-corrected chi connectivity index (χ1v) is 10.4. The summed E-state index contributed by atoms with van der Waals surface area (Å²) in [4.78, 5) is 23.8. The lowest BCUT2D eigenvalue weighted by molar-refractivity contribution is 0.0597. The van der Waals surface area contributed by atoms with Gasteiger partial charge in [0.05, 0.1) is 13.7 Å². The minimum atomic E-state index is -0.942.